The number of aryl methyl sites for hydroxylation is 1. The molecule has 0 aliphatic heterocycles. The molecular weight excluding hydrogens is 388 g/mol. The van der Waals surface area contributed by atoms with Crippen LogP contribution in [0.5, 0.6) is 0 Å². The Hall–Kier alpha value is -0.450. The van der Waals surface area contributed by atoms with E-state index in [-0.39, 0.29) is 11.7 Å². The summed E-state index contributed by atoms with van der Waals surface area (Å²) in [5, 5.41) is 2.10. The zero-order valence-corrected chi connectivity index (χ0v) is 14.1. The smallest absolute Gasteiger partial charge is 0.171 e. The number of ketones is 1. The molecule has 1 heterocycles. The van der Waals surface area contributed by atoms with Crippen LogP contribution < -0.4 is 0 Å². The first-order valence-corrected chi connectivity index (χ1v) is 8.69. The lowest BCUT2D eigenvalue weighted by molar-refractivity contribution is 0.0950. The second-order valence-electron chi connectivity index (χ2n) is 4.73. The second kappa shape index (κ2) is 5.51. The Kier molecular flexibility index (Phi) is 3.92. The Balaban J connectivity index is 1.98. The highest BCUT2D eigenvalue weighted by Gasteiger charge is 2.28. The number of fused-ring (bicyclic) bond motifs is 1. The molecule has 0 saturated carbocycles. The zero-order valence-electron chi connectivity index (χ0n) is 10.2. The van der Waals surface area contributed by atoms with Gasteiger partial charge in [-0.25, -0.2) is 0 Å². The Morgan fingerprint density at radius 3 is 2.89 bits per heavy atom. The molecule has 3 rings (SSSR count). The van der Waals surface area contributed by atoms with Crippen LogP contribution in [0.4, 0.5) is 0 Å². The number of rotatable bonds is 2. The van der Waals surface area contributed by atoms with Crippen molar-refractivity contribution in [1.82, 2.24) is 0 Å². The minimum atomic E-state index is 0.0347. The summed E-state index contributed by atoms with van der Waals surface area (Å²) in [5.74, 6) is 0.270. The van der Waals surface area contributed by atoms with Gasteiger partial charge in [-0.2, -0.15) is 0 Å². The minimum Gasteiger partial charge on any atom is -0.293 e. The van der Waals surface area contributed by atoms with E-state index < -0.39 is 0 Å². The van der Waals surface area contributed by atoms with Gasteiger partial charge in [0, 0.05) is 25.3 Å². The van der Waals surface area contributed by atoms with Gasteiger partial charge >= 0.3 is 0 Å². The lowest BCUT2D eigenvalue weighted by Crippen LogP contribution is -2.17. The SMILES string of the molecule is O=C(c1ccc(Br)cc1Br)C1CCCc2sccc21. The highest BCUT2D eigenvalue weighted by atomic mass is 79.9. The molecule has 1 aromatic carbocycles. The van der Waals surface area contributed by atoms with E-state index in [1.165, 1.54) is 10.4 Å². The van der Waals surface area contributed by atoms with Gasteiger partial charge in [-0.1, -0.05) is 31.9 Å². The van der Waals surface area contributed by atoms with Gasteiger partial charge in [0.2, 0.25) is 0 Å². The molecule has 1 aliphatic rings. The number of hydrogen-bond acceptors (Lipinski definition) is 2. The van der Waals surface area contributed by atoms with Crippen molar-refractivity contribution < 1.29 is 4.79 Å². The predicted octanol–water partition coefficient (Wildman–Crippen LogP) is 5.58. The van der Waals surface area contributed by atoms with E-state index in [9.17, 15) is 4.79 Å². The van der Waals surface area contributed by atoms with Gasteiger partial charge in [0.05, 0.1) is 0 Å². The molecule has 2 aromatic rings. The van der Waals surface area contributed by atoms with E-state index in [2.05, 4.69) is 43.3 Å². The summed E-state index contributed by atoms with van der Waals surface area (Å²) < 4.78 is 1.85. The first kappa shape index (κ1) is 13.5. The molecule has 0 spiro atoms. The summed E-state index contributed by atoms with van der Waals surface area (Å²) in [6.45, 7) is 0. The highest BCUT2D eigenvalue weighted by molar-refractivity contribution is 9.11. The third-order valence-corrected chi connectivity index (χ3v) is 5.71. The summed E-state index contributed by atoms with van der Waals surface area (Å²) >= 11 is 8.70. The molecule has 0 bridgehead atoms. The van der Waals surface area contributed by atoms with Gasteiger partial charge in [-0.15, -0.1) is 11.3 Å². The molecule has 0 amide bonds. The van der Waals surface area contributed by atoms with Crippen molar-refractivity contribution >= 4 is 49.0 Å². The van der Waals surface area contributed by atoms with Gasteiger partial charge in [0.15, 0.2) is 5.78 Å². The lowest BCUT2D eigenvalue weighted by atomic mass is 9.82. The summed E-state index contributed by atoms with van der Waals surface area (Å²) in [6.07, 6.45) is 3.20. The summed E-state index contributed by atoms with van der Waals surface area (Å²) in [5.41, 5.74) is 2.03. The average Bonchev–Trinajstić information content (AvgIpc) is 2.86. The second-order valence-corrected chi connectivity index (χ2v) is 7.50. The van der Waals surface area contributed by atoms with Crippen molar-refractivity contribution in [1.29, 1.82) is 0 Å². The van der Waals surface area contributed by atoms with E-state index in [4.69, 9.17) is 0 Å². The number of carbonyl (C=O) groups excluding carboxylic acids is 1. The van der Waals surface area contributed by atoms with Crippen molar-refractivity contribution in [2.45, 2.75) is 25.2 Å². The van der Waals surface area contributed by atoms with Crippen molar-refractivity contribution in [3.8, 4) is 0 Å². The van der Waals surface area contributed by atoms with E-state index in [1.54, 1.807) is 11.3 Å². The number of thiophene rings is 1. The Labute approximate surface area is 133 Å². The van der Waals surface area contributed by atoms with Gasteiger partial charge < -0.3 is 0 Å². The Morgan fingerprint density at radius 2 is 2.11 bits per heavy atom. The van der Waals surface area contributed by atoms with E-state index >= 15 is 0 Å². The maximum absolute atomic E-state index is 12.8. The average molecular weight is 400 g/mol. The van der Waals surface area contributed by atoms with Crippen LogP contribution in [0.2, 0.25) is 0 Å². The quantitative estimate of drug-likeness (QED) is 0.602. The van der Waals surface area contributed by atoms with Crippen LogP contribution in [0.15, 0.2) is 38.6 Å². The highest BCUT2D eigenvalue weighted by Crippen LogP contribution is 2.38. The lowest BCUT2D eigenvalue weighted by Gasteiger charge is -2.22. The van der Waals surface area contributed by atoms with Crippen molar-refractivity contribution in [2.24, 2.45) is 0 Å². The molecule has 98 valence electrons. The summed E-state index contributed by atoms with van der Waals surface area (Å²) in [4.78, 5) is 14.1. The number of benzene rings is 1. The molecule has 0 radical (unpaired) electrons. The van der Waals surface area contributed by atoms with Gasteiger partial charge in [-0.3, -0.25) is 4.79 Å². The fraction of sp³-hybridized carbons (Fsp3) is 0.267. The van der Waals surface area contributed by atoms with Crippen LogP contribution in [0.3, 0.4) is 0 Å². The molecule has 0 saturated heterocycles. The van der Waals surface area contributed by atoms with E-state index in [0.29, 0.717) is 0 Å². The summed E-state index contributed by atoms with van der Waals surface area (Å²) in [7, 11) is 0. The molecule has 0 fully saturated rings. The standard InChI is InChI=1S/C15H12Br2OS/c16-9-4-5-12(13(17)8-9)15(18)11-2-1-3-14-10(11)6-7-19-14/h4-8,11H,1-3H2. The predicted molar refractivity (Wildman–Crippen MR) is 86.2 cm³/mol. The van der Waals surface area contributed by atoms with Crippen LogP contribution >= 0.6 is 43.2 Å². The maximum Gasteiger partial charge on any atom is 0.171 e. The van der Waals surface area contributed by atoms with Gasteiger partial charge in [0.25, 0.3) is 0 Å². The van der Waals surface area contributed by atoms with Crippen LogP contribution in [0.1, 0.15) is 39.6 Å². The monoisotopic (exact) mass is 398 g/mol. The third kappa shape index (κ3) is 2.58. The maximum atomic E-state index is 12.8. The van der Waals surface area contributed by atoms with Crippen LogP contribution in [-0.2, 0) is 6.42 Å². The Morgan fingerprint density at radius 1 is 1.26 bits per heavy atom. The number of Topliss-reactive ketones (excluding diaryl/α,β-unsaturated/α-hetero) is 1. The molecule has 4 heteroatoms. The first-order valence-electron chi connectivity index (χ1n) is 6.22. The summed E-state index contributed by atoms with van der Waals surface area (Å²) in [6, 6.07) is 7.88. The zero-order chi connectivity index (χ0) is 13.4. The van der Waals surface area contributed by atoms with Gasteiger partial charge in [0.1, 0.15) is 0 Å². The van der Waals surface area contributed by atoms with E-state index in [1.807, 2.05) is 18.2 Å². The number of carbonyl (C=O) groups is 1. The number of hydrogen-bond donors (Lipinski definition) is 0. The van der Waals surface area contributed by atoms with Crippen LogP contribution in [0.25, 0.3) is 0 Å². The largest absolute Gasteiger partial charge is 0.293 e. The Bertz CT molecular complexity index is 633. The van der Waals surface area contributed by atoms with Gasteiger partial charge in [-0.05, 0) is 54.5 Å². The third-order valence-electron chi connectivity index (χ3n) is 3.57. The molecule has 1 aliphatic carbocycles. The normalized spacial score (nSPS) is 18.1. The van der Waals surface area contributed by atoms with Crippen molar-refractivity contribution in [3.63, 3.8) is 0 Å². The molecule has 0 N–H and O–H groups in total. The minimum absolute atomic E-state index is 0.0347. The molecule has 1 nitrogen and oxygen atoms in total. The molecular formula is C15H12Br2OS. The van der Waals surface area contributed by atoms with Crippen LogP contribution in [0, 0.1) is 0 Å². The van der Waals surface area contributed by atoms with E-state index in [0.717, 1.165) is 33.8 Å². The molecule has 1 atom stereocenters. The van der Waals surface area contributed by atoms with Crippen LogP contribution in [-0.4, -0.2) is 5.78 Å². The molecule has 1 unspecified atom stereocenters. The van der Waals surface area contributed by atoms with Crippen molar-refractivity contribution in [3.05, 3.63) is 54.6 Å². The fourth-order valence-corrected chi connectivity index (χ4v) is 4.87. The first-order chi connectivity index (χ1) is 9.16. The van der Waals surface area contributed by atoms with Crippen molar-refractivity contribution in [2.75, 3.05) is 0 Å². The topological polar surface area (TPSA) is 17.1 Å². The fourth-order valence-electron chi connectivity index (χ4n) is 2.64. The molecule has 19 heavy (non-hydrogen) atoms. The number of halogens is 2. The molecule has 1 aromatic heterocycles.